The number of hydrogen-bond acceptors (Lipinski definition) is 6. The van der Waals surface area contributed by atoms with Gasteiger partial charge in [0, 0.05) is 39.6 Å². The molecule has 1 N–H and O–H groups in total. The predicted octanol–water partition coefficient (Wildman–Crippen LogP) is 1.79. The molecule has 2 atom stereocenters. The van der Waals surface area contributed by atoms with Gasteiger partial charge in [-0.25, -0.2) is 0 Å². The first-order valence-corrected chi connectivity index (χ1v) is 8.13. The van der Waals surface area contributed by atoms with Gasteiger partial charge in [0.15, 0.2) is 0 Å². The van der Waals surface area contributed by atoms with Gasteiger partial charge in [0.05, 0.1) is 12.1 Å². The molecule has 1 aliphatic heterocycles. The smallest absolute Gasteiger partial charge is 0.233 e. The van der Waals surface area contributed by atoms with Crippen LogP contribution < -0.4 is 0 Å². The number of aryl methyl sites for hydroxylation is 1. The van der Waals surface area contributed by atoms with E-state index >= 15 is 0 Å². The lowest BCUT2D eigenvalue weighted by molar-refractivity contribution is 0.0536. The highest BCUT2D eigenvalue weighted by atomic mass is 16.4. The zero-order chi connectivity index (χ0) is 16.2. The average molecular weight is 316 g/mol. The first kappa shape index (κ1) is 16.1. The first-order chi connectivity index (χ1) is 11.1. The molecule has 6 nitrogen and oxygen atoms in total. The van der Waals surface area contributed by atoms with Gasteiger partial charge in [-0.15, -0.1) is 10.2 Å². The van der Waals surface area contributed by atoms with E-state index in [9.17, 15) is 5.11 Å². The van der Waals surface area contributed by atoms with E-state index in [1.807, 2.05) is 37.3 Å². The highest BCUT2D eigenvalue weighted by molar-refractivity contribution is 5.17. The number of rotatable bonds is 5. The minimum absolute atomic E-state index is 0.136. The minimum atomic E-state index is -0.432. The fraction of sp³-hybridized carbons (Fsp3) is 0.529. The Morgan fingerprint density at radius 1 is 1.13 bits per heavy atom. The molecule has 1 aromatic carbocycles. The molecular weight excluding hydrogens is 292 g/mol. The lowest BCUT2D eigenvalue weighted by atomic mass is 10.1. The van der Waals surface area contributed by atoms with Crippen LogP contribution in [0.1, 0.15) is 36.4 Å². The summed E-state index contributed by atoms with van der Waals surface area (Å²) in [5.41, 5.74) is 0.977. The van der Waals surface area contributed by atoms with Crippen LogP contribution in [0.15, 0.2) is 34.7 Å². The van der Waals surface area contributed by atoms with Crippen LogP contribution >= 0.6 is 0 Å². The SMILES string of the molecule is Cc1nnc(C(C)N2CCN(CC(O)c3ccccc3)CC2)o1. The van der Waals surface area contributed by atoms with E-state index in [2.05, 4.69) is 26.9 Å². The molecule has 1 fully saturated rings. The molecule has 2 heterocycles. The second-order valence-electron chi connectivity index (χ2n) is 6.10. The summed E-state index contributed by atoms with van der Waals surface area (Å²) in [6.07, 6.45) is -0.432. The summed E-state index contributed by atoms with van der Waals surface area (Å²) in [7, 11) is 0. The molecule has 0 bridgehead atoms. The summed E-state index contributed by atoms with van der Waals surface area (Å²) in [4.78, 5) is 4.65. The van der Waals surface area contributed by atoms with Gasteiger partial charge in [0.25, 0.3) is 0 Å². The Hall–Kier alpha value is -1.76. The standard InChI is InChI=1S/C17H24N4O2/c1-13(17-19-18-14(2)23-17)21-10-8-20(9-11-21)12-16(22)15-6-4-3-5-7-15/h3-7,13,16,22H,8-12H2,1-2H3. The van der Waals surface area contributed by atoms with E-state index in [4.69, 9.17) is 4.42 Å². The third-order valence-electron chi connectivity index (χ3n) is 4.47. The van der Waals surface area contributed by atoms with Gasteiger partial charge in [0.2, 0.25) is 11.8 Å². The third kappa shape index (κ3) is 3.96. The van der Waals surface area contributed by atoms with Crippen molar-refractivity contribution in [1.82, 2.24) is 20.0 Å². The maximum Gasteiger partial charge on any atom is 0.233 e. The van der Waals surface area contributed by atoms with Crippen molar-refractivity contribution in [3.63, 3.8) is 0 Å². The van der Waals surface area contributed by atoms with Crippen LogP contribution in [-0.4, -0.2) is 57.8 Å². The van der Waals surface area contributed by atoms with Crippen molar-refractivity contribution in [1.29, 1.82) is 0 Å². The summed E-state index contributed by atoms with van der Waals surface area (Å²) in [6.45, 7) is 8.32. The largest absolute Gasteiger partial charge is 0.424 e. The zero-order valence-electron chi connectivity index (χ0n) is 13.7. The van der Waals surface area contributed by atoms with Crippen molar-refractivity contribution in [2.75, 3.05) is 32.7 Å². The number of aliphatic hydroxyl groups is 1. The fourth-order valence-electron chi connectivity index (χ4n) is 3.00. The fourth-order valence-corrected chi connectivity index (χ4v) is 3.00. The van der Waals surface area contributed by atoms with Crippen LogP contribution in [0.2, 0.25) is 0 Å². The van der Waals surface area contributed by atoms with Gasteiger partial charge in [-0.05, 0) is 12.5 Å². The Kier molecular flexibility index (Phi) is 5.05. The van der Waals surface area contributed by atoms with Crippen LogP contribution in [0.5, 0.6) is 0 Å². The lowest BCUT2D eigenvalue weighted by Gasteiger charge is -2.37. The molecule has 0 radical (unpaired) electrons. The molecule has 2 aromatic rings. The topological polar surface area (TPSA) is 65.6 Å². The second kappa shape index (κ2) is 7.21. The van der Waals surface area contributed by atoms with Crippen LogP contribution in [0.4, 0.5) is 0 Å². The van der Waals surface area contributed by atoms with E-state index in [0.29, 0.717) is 18.3 Å². The number of β-amino-alcohol motifs (C(OH)–C–C–N with tert-alkyl or cyclic N) is 1. The molecule has 0 aliphatic carbocycles. The van der Waals surface area contributed by atoms with E-state index in [1.54, 1.807) is 0 Å². The number of aromatic nitrogens is 2. The van der Waals surface area contributed by atoms with Crippen molar-refractivity contribution in [3.8, 4) is 0 Å². The van der Waals surface area contributed by atoms with Gasteiger partial charge in [-0.3, -0.25) is 9.80 Å². The molecule has 0 amide bonds. The Morgan fingerprint density at radius 3 is 2.43 bits per heavy atom. The summed E-state index contributed by atoms with van der Waals surface area (Å²) in [5, 5.41) is 18.4. The summed E-state index contributed by atoms with van der Waals surface area (Å²) in [6, 6.07) is 9.98. The molecule has 1 aliphatic rings. The molecular formula is C17H24N4O2. The quantitative estimate of drug-likeness (QED) is 0.907. The Morgan fingerprint density at radius 2 is 1.83 bits per heavy atom. The molecule has 0 spiro atoms. The van der Waals surface area contributed by atoms with Gasteiger partial charge < -0.3 is 9.52 Å². The Bertz CT molecular complexity index is 608. The van der Waals surface area contributed by atoms with E-state index < -0.39 is 6.10 Å². The van der Waals surface area contributed by atoms with Crippen molar-refractivity contribution >= 4 is 0 Å². The maximum absolute atomic E-state index is 10.3. The number of piperazine rings is 1. The predicted molar refractivity (Wildman–Crippen MR) is 86.9 cm³/mol. The van der Waals surface area contributed by atoms with Gasteiger partial charge in [-0.1, -0.05) is 30.3 Å². The van der Waals surface area contributed by atoms with E-state index in [-0.39, 0.29) is 6.04 Å². The Balaban J connectivity index is 1.50. The van der Waals surface area contributed by atoms with E-state index in [0.717, 1.165) is 31.7 Å². The minimum Gasteiger partial charge on any atom is -0.424 e. The molecule has 0 saturated carbocycles. The van der Waals surface area contributed by atoms with Gasteiger partial charge in [0.1, 0.15) is 0 Å². The van der Waals surface area contributed by atoms with Crippen LogP contribution in [0, 0.1) is 6.92 Å². The molecule has 3 rings (SSSR count). The average Bonchev–Trinajstić information content (AvgIpc) is 3.02. The zero-order valence-corrected chi connectivity index (χ0v) is 13.7. The van der Waals surface area contributed by atoms with Crippen molar-refractivity contribution in [3.05, 3.63) is 47.7 Å². The van der Waals surface area contributed by atoms with Crippen LogP contribution in [-0.2, 0) is 0 Å². The number of nitrogens with zero attached hydrogens (tertiary/aromatic N) is 4. The van der Waals surface area contributed by atoms with Crippen LogP contribution in [0.25, 0.3) is 0 Å². The second-order valence-corrected chi connectivity index (χ2v) is 6.10. The maximum atomic E-state index is 10.3. The highest BCUT2D eigenvalue weighted by Crippen LogP contribution is 2.21. The highest BCUT2D eigenvalue weighted by Gasteiger charge is 2.26. The lowest BCUT2D eigenvalue weighted by Crippen LogP contribution is -2.48. The summed E-state index contributed by atoms with van der Waals surface area (Å²) < 4.78 is 5.53. The first-order valence-electron chi connectivity index (χ1n) is 8.13. The normalized spacial score (nSPS) is 19.6. The van der Waals surface area contributed by atoms with E-state index in [1.165, 1.54) is 0 Å². The number of hydrogen-bond donors (Lipinski definition) is 1. The molecule has 1 aromatic heterocycles. The van der Waals surface area contributed by atoms with Gasteiger partial charge >= 0.3 is 0 Å². The van der Waals surface area contributed by atoms with Gasteiger partial charge in [-0.2, -0.15) is 0 Å². The number of aliphatic hydroxyl groups excluding tert-OH is 1. The van der Waals surface area contributed by atoms with Crippen LogP contribution in [0.3, 0.4) is 0 Å². The molecule has 124 valence electrons. The monoisotopic (exact) mass is 316 g/mol. The summed E-state index contributed by atoms with van der Waals surface area (Å²) in [5.74, 6) is 1.29. The number of benzene rings is 1. The van der Waals surface area contributed by atoms with Crippen molar-refractivity contribution in [2.45, 2.75) is 26.0 Å². The summed E-state index contributed by atoms with van der Waals surface area (Å²) >= 11 is 0. The van der Waals surface area contributed by atoms with Crippen molar-refractivity contribution < 1.29 is 9.52 Å². The molecule has 2 unspecified atom stereocenters. The third-order valence-corrected chi connectivity index (χ3v) is 4.47. The molecule has 6 heteroatoms. The Labute approximate surface area is 136 Å². The molecule has 23 heavy (non-hydrogen) atoms. The van der Waals surface area contributed by atoms with Crippen molar-refractivity contribution in [2.24, 2.45) is 0 Å². The molecule has 1 saturated heterocycles.